The molecule has 0 radical (unpaired) electrons. The fourth-order valence-corrected chi connectivity index (χ4v) is 2.29. The van der Waals surface area contributed by atoms with Gasteiger partial charge in [0.1, 0.15) is 0 Å². The van der Waals surface area contributed by atoms with Crippen molar-refractivity contribution in [1.29, 1.82) is 0 Å². The average molecular weight is 140 g/mol. The van der Waals surface area contributed by atoms with Crippen molar-refractivity contribution < 1.29 is 0 Å². The maximum Gasteiger partial charge on any atom is 0.0182 e. The third-order valence-electron chi connectivity index (χ3n) is 2.79. The molecule has 2 heteroatoms. The number of nitrogens with zero attached hydrogens (tertiary/aromatic N) is 1. The van der Waals surface area contributed by atoms with E-state index < -0.39 is 0 Å². The van der Waals surface area contributed by atoms with Crippen molar-refractivity contribution in [2.45, 2.75) is 37.8 Å². The first-order chi connectivity index (χ1) is 4.86. The second-order valence-corrected chi connectivity index (χ2v) is 3.64. The van der Waals surface area contributed by atoms with E-state index in [0.29, 0.717) is 6.04 Å². The molecule has 2 fully saturated rings. The molecular weight excluding hydrogens is 124 g/mol. The van der Waals surface area contributed by atoms with E-state index in [0.717, 1.165) is 12.6 Å². The zero-order chi connectivity index (χ0) is 6.97. The lowest BCUT2D eigenvalue weighted by Crippen LogP contribution is -2.34. The van der Waals surface area contributed by atoms with Gasteiger partial charge in [-0.2, -0.15) is 0 Å². The van der Waals surface area contributed by atoms with Crippen LogP contribution in [0.4, 0.5) is 0 Å². The second-order valence-electron chi connectivity index (χ2n) is 3.64. The number of hydrogen-bond acceptors (Lipinski definition) is 2. The minimum atomic E-state index is 0.475. The third kappa shape index (κ3) is 1.06. The molecule has 2 nitrogen and oxygen atoms in total. The normalized spacial score (nSPS) is 41.7. The van der Waals surface area contributed by atoms with Gasteiger partial charge in [-0.3, -0.25) is 4.90 Å². The smallest absolute Gasteiger partial charge is 0.0182 e. The molecule has 0 bridgehead atoms. The van der Waals surface area contributed by atoms with Crippen molar-refractivity contribution in [1.82, 2.24) is 4.90 Å². The van der Waals surface area contributed by atoms with Gasteiger partial charge in [-0.25, -0.2) is 0 Å². The number of hydrogen-bond donors (Lipinski definition) is 1. The minimum Gasteiger partial charge on any atom is -0.326 e. The van der Waals surface area contributed by atoms with Crippen molar-refractivity contribution >= 4 is 0 Å². The Morgan fingerprint density at radius 2 is 2.20 bits per heavy atom. The van der Waals surface area contributed by atoms with Gasteiger partial charge in [-0.05, 0) is 25.8 Å². The van der Waals surface area contributed by atoms with Crippen LogP contribution < -0.4 is 5.73 Å². The van der Waals surface area contributed by atoms with E-state index in [1.54, 1.807) is 0 Å². The summed E-state index contributed by atoms with van der Waals surface area (Å²) >= 11 is 0. The second kappa shape index (κ2) is 2.51. The van der Waals surface area contributed by atoms with Crippen molar-refractivity contribution in [2.24, 2.45) is 5.73 Å². The van der Waals surface area contributed by atoms with Crippen molar-refractivity contribution in [3.63, 3.8) is 0 Å². The number of piperidine rings is 1. The largest absolute Gasteiger partial charge is 0.326 e. The molecule has 2 aliphatic heterocycles. The van der Waals surface area contributed by atoms with Gasteiger partial charge in [0.15, 0.2) is 0 Å². The van der Waals surface area contributed by atoms with Gasteiger partial charge >= 0.3 is 0 Å². The van der Waals surface area contributed by atoms with Crippen LogP contribution in [-0.4, -0.2) is 30.1 Å². The molecule has 0 spiro atoms. The molecule has 2 heterocycles. The summed E-state index contributed by atoms with van der Waals surface area (Å²) < 4.78 is 0. The van der Waals surface area contributed by atoms with Crippen LogP contribution in [-0.2, 0) is 0 Å². The van der Waals surface area contributed by atoms with E-state index in [1.807, 2.05) is 0 Å². The Labute approximate surface area is 62.4 Å². The lowest BCUT2D eigenvalue weighted by Gasteiger charge is -2.28. The fourth-order valence-electron chi connectivity index (χ4n) is 2.29. The van der Waals surface area contributed by atoms with Crippen LogP contribution in [0.1, 0.15) is 25.7 Å². The summed E-state index contributed by atoms with van der Waals surface area (Å²) in [6.07, 6.45) is 5.46. The number of nitrogens with two attached hydrogens (primary N) is 1. The average Bonchev–Trinajstić information content (AvgIpc) is 2.27. The molecule has 0 aromatic carbocycles. The monoisotopic (exact) mass is 140 g/mol. The molecule has 58 valence electrons. The first-order valence-electron chi connectivity index (χ1n) is 4.36. The summed E-state index contributed by atoms with van der Waals surface area (Å²) in [6, 6.07) is 1.33. The van der Waals surface area contributed by atoms with Gasteiger partial charge in [0.25, 0.3) is 0 Å². The zero-order valence-electron chi connectivity index (χ0n) is 6.42. The summed E-state index contributed by atoms with van der Waals surface area (Å²) in [5, 5.41) is 0. The molecule has 2 rings (SSSR count). The molecular formula is C8H16N2. The molecule has 0 amide bonds. The standard InChI is InChI=1S/C8H16N2/c9-7-5-8-3-1-2-4-10(8)6-7/h7-8H,1-6,9H2/t7-,8+/m1/s1. The first kappa shape index (κ1) is 6.62. The van der Waals surface area contributed by atoms with Crippen LogP contribution >= 0.6 is 0 Å². The third-order valence-corrected chi connectivity index (χ3v) is 2.79. The highest BCUT2D eigenvalue weighted by atomic mass is 15.2. The van der Waals surface area contributed by atoms with Crippen LogP contribution in [0, 0.1) is 0 Å². The summed E-state index contributed by atoms with van der Waals surface area (Å²) in [5.41, 5.74) is 5.85. The van der Waals surface area contributed by atoms with Crippen molar-refractivity contribution in [3.8, 4) is 0 Å². The van der Waals surface area contributed by atoms with Gasteiger partial charge in [0, 0.05) is 18.6 Å². The van der Waals surface area contributed by atoms with E-state index in [9.17, 15) is 0 Å². The van der Waals surface area contributed by atoms with Crippen molar-refractivity contribution in [2.75, 3.05) is 13.1 Å². The predicted molar refractivity (Wildman–Crippen MR) is 41.8 cm³/mol. The predicted octanol–water partition coefficient (Wildman–Crippen LogP) is 0.572. The molecule has 2 N–H and O–H groups in total. The lowest BCUT2D eigenvalue weighted by atomic mass is 10.0. The van der Waals surface area contributed by atoms with E-state index in [4.69, 9.17) is 5.73 Å². The Morgan fingerprint density at radius 1 is 1.30 bits per heavy atom. The molecule has 0 aromatic rings. The highest BCUT2D eigenvalue weighted by molar-refractivity contribution is 4.89. The van der Waals surface area contributed by atoms with Crippen LogP contribution in [0.3, 0.4) is 0 Å². The number of fused-ring (bicyclic) bond motifs is 1. The maximum atomic E-state index is 5.85. The van der Waals surface area contributed by atoms with Crippen LogP contribution in [0.25, 0.3) is 0 Å². The van der Waals surface area contributed by atoms with E-state index in [-0.39, 0.29) is 0 Å². The Balaban J connectivity index is 1.97. The first-order valence-corrected chi connectivity index (χ1v) is 4.36. The molecule has 10 heavy (non-hydrogen) atoms. The quantitative estimate of drug-likeness (QED) is 0.533. The molecule has 0 saturated carbocycles. The van der Waals surface area contributed by atoms with Gasteiger partial charge in [0.2, 0.25) is 0 Å². The van der Waals surface area contributed by atoms with Crippen LogP contribution in [0.5, 0.6) is 0 Å². The SMILES string of the molecule is N[C@@H]1C[C@@H]2CCCCN2C1. The highest BCUT2D eigenvalue weighted by Crippen LogP contribution is 2.25. The zero-order valence-corrected chi connectivity index (χ0v) is 6.42. The Bertz CT molecular complexity index is 110. The Kier molecular flexibility index (Phi) is 1.66. The van der Waals surface area contributed by atoms with E-state index >= 15 is 0 Å². The van der Waals surface area contributed by atoms with Gasteiger partial charge in [0.05, 0.1) is 0 Å². The van der Waals surface area contributed by atoms with Gasteiger partial charge < -0.3 is 5.73 Å². The Hall–Kier alpha value is -0.0800. The summed E-state index contributed by atoms with van der Waals surface area (Å²) in [4.78, 5) is 2.56. The highest BCUT2D eigenvalue weighted by Gasteiger charge is 2.30. The molecule has 2 saturated heterocycles. The molecule has 2 aliphatic rings. The topological polar surface area (TPSA) is 29.3 Å². The van der Waals surface area contributed by atoms with Crippen LogP contribution in [0.15, 0.2) is 0 Å². The van der Waals surface area contributed by atoms with Gasteiger partial charge in [-0.1, -0.05) is 6.42 Å². The summed E-state index contributed by atoms with van der Waals surface area (Å²) in [7, 11) is 0. The minimum absolute atomic E-state index is 0.475. The summed E-state index contributed by atoms with van der Waals surface area (Å²) in [6.45, 7) is 2.46. The lowest BCUT2D eigenvalue weighted by molar-refractivity contribution is 0.197. The van der Waals surface area contributed by atoms with Crippen LogP contribution in [0.2, 0.25) is 0 Å². The van der Waals surface area contributed by atoms with Gasteiger partial charge in [-0.15, -0.1) is 0 Å². The molecule has 0 aromatic heterocycles. The van der Waals surface area contributed by atoms with Crippen molar-refractivity contribution in [3.05, 3.63) is 0 Å². The Morgan fingerprint density at radius 3 is 3.00 bits per heavy atom. The maximum absolute atomic E-state index is 5.85. The fraction of sp³-hybridized carbons (Fsp3) is 1.00. The molecule has 0 unspecified atom stereocenters. The molecule has 2 atom stereocenters. The van der Waals surface area contributed by atoms with E-state index in [2.05, 4.69) is 4.90 Å². The number of rotatable bonds is 0. The van der Waals surface area contributed by atoms with E-state index in [1.165, 1.54) is 32.2 Å². The molecule has 0 aliphatic carbocycles. The summed E-state index contributed by atoms with van der Waals surface area (Å²) in [5.74, 6) is 0.